The summed E-state index contributed by atoms with van der Waals surface area (Å²) in [6.45, 7) is 8.68. The molecule has 4 nitrogen and oxygen atoms in total. The zero-order chi connectivity index (χ0) is 22.4. The maximum Gasteiger partial charge on any atom is 0.330 e. The first kappa shape index (κ1) is 22.4. The number of carbonyl (C=O) groups is 2. The van der Waals surface area contributed by atoms with Gasteiger partial charge in [0.15, 0.2) is 0 Å². The van der Waals surface area contributed by atoms with Gasteiger partial charge in [0, 0.05) is 19.4 Å². The number of esters is 2. The molecule has 0 aromatic carbocycles. The smallest absolute Gasteiger partial charge is 0.330 e. The molecule has 0 aliphatic heterocycles. The highest BCUT2D eigenvalue weighted by Crippen LogP contribution is 2.65. The lowest BCUT2D eigenvalue weighted by Crippen LogP contribution is -2.50. The number of rotatable bonds is 4. The number of methoxy groups -OCH3 is 1. The fraction of sp³-hybridized carbons (Fsp3) is 0.704. The first-order chi connectivity index (χ1) is 14.7. The third-order valence-electron chi connectivity index (χ3n) is 9.24. The van der Waals surface area contributed by atoms with Crippen molar-refractivity contribution >= 4 is 11.9 Å². The number of hydrogen-bond donors (Lipinski definition) is 0. The molecule has 4 rings (SSSR count). The molecular weight excluding hydrogens is 388 g/mol. The molecule has 0 heterocycles. The lowest BCUT2D eigenvalue weighted by molar-refractivity contribution is -0.148. The minimum Gasteiger partial charge on any atom is -0.466 e. The van der Waals surface area contributed by atoms with Crippen LogP contribution in [-0.2, 0) is 19.1 Å². The Labute approximate surface area is 187 Å². The molecule has 0 radical (unpaired) electrons. The van der Waals surface area contributed by atoms with Crippen LogP contribution in [0.2, 0.25) is 0 Å². The normalized spacial score (nSPS) is 40.2. The van der Waals surface area contributed by atoms with Crippen molar-refractivity contribution in [2.75, 3.05) is 7.11 Å². The molecule has 0 bridgehead atoms. The molecule has 2 saturated carbocycles. The van der Waals surface area contributed by atoms with Crippen LogP contribution in [0.15, 0.2) is 35.5 Å². The predicted molar refractivity (Wildman–Crippen MR) is 121 cm³/mol. The van der Waals surface area contributed by atoms with Crippen molar-refractivity contribution in [3.8, 4) is 0 Å². The van der Waals surface area contributed by atoms with Crippen LogP contribution in [0.1, 0.15) is 72.6 Å². The largest absolute Gasteiger partial charge is 0.466 e. The zero-order valence-corrected chi connectivity index (χ0v) is 19.8. The van der Waals surface area contributed by atoms with Gasteiger partial charge in [0.25, 0.3) is 0 Å². The topological polar surface area (TPSA) is 52.6 Å². The molecule has 0 spiro atoms. The second kappa shape index (κ2) is 8.26. The minimum atomic E-state index is -0.280. The first-order valence-electron chi connectivity index (χ1n) is 12.0. The van der Waals surface area contributed by atoms with E-state index in [0.29, 0.717) is 11.8 Å². The van der Waals surface area contributed by atoms with Crippen molar-refractivity contribution in [1.29, 1.82) is 0 Å². The van der Waals surface area contributed by atoms with Crippen molar-refractivity contribution < 1.29 is 19.1 Å². The molecule has 2 fully saturated rings. The van der Waals surface area contributed by atoms with Crippen LogP contribution in [0.4, 0.5) is 0 Å². The molecule has 31 heavy (non-hydrogen) atoms. The molecule has 0 amide bonds. The fourth-order valence-corrected chi connectivity index (χ4v) is 7.66. The Kier molecular flexibility index (Phi) is 5.95. The Morgan fingerprint density at radius 1 is 1.10 bits per heavy atom. The van der Waals surface area contributed by atoms with Crippen molar-refractivity contribution in [2.24, 2.45) is 34.5 Å². The van der Waals surface area contributed by atoms with Crippen molar-refractivity contribution in [2.45, 2.75) is 78.7 Å². The van der Waals surface area contributed by atoms with Crippen LogP contribution in [0.5, 0.6) is 0 Å². The standard InChI is InChI=1S/C27H38O4/c1-17(6-11-25(29)30-5)22-9-10-23-21-8-7-19-16-20(31-18(2)28)12-14-26(19,3)24(21)13-15-27(22,23)4/h6-7,9,11,17,20-21,23-24H,8,10,12-16H2,1-5H3/t17-,20-,21-,23-,24-,26-,27+/m0/s1. The number of hydrogen-bond acceptors (Lipinski definition) is 4. The Balaban J connectivity index is 1.52. The van der Waals surface area contributed by atoms with Crippen LogP contribution in [0.3, 0.4) is 0 Å². The van der Waals surface area contributed by atoms with Gasteiger partial charge in [-0.1, -0.05) is 50.1 Å². The molecule has 0 aromatic heterocycles. The van der Waals surface area contributed by atoms with Gasteiger partial charge in [-0.3, -0.25) is 4.79 Å². The van der Waals surface area contributed by atoms with Gasteiger partial charge in [-0.2, -0.15) is 0 Å². The molecule has 0 N–H and O–H groups in total. The summed E-state index contributed by atoms with van der Waals surface area (Å²) in [6, 6.07) is 0. The van der Waals surface area contributed by atoms with E-state index in [4.69, 9.17) is 9.47 Å². The van der Waals surface area contributed by atoms with Crippen LogP contribution in [0, 0.1) is 34.5 Å². The lowest BCUT2D eigenvalue weighted by Gasteiger charge is -2.58. The molecule has 0 unspecified atom stereocenters. The average molecular weight is 427 g/mol. The summed E-state index contributed by atoms with van der Waals surface area (Å²) in [5, 5.41) is 0. The first-order valence-corrected chi connectivity index (χ1v) is 12.0. The van der Waals surface area contributed by atoms with Crippen molar-refractivity contribution in [3.05, 3.63) is 35.5 Å². The zero-order valence-electron chi connectivity index (χ0n) is 19.8. The summed E-state index contributed by atoms with van der Waals surface area (Å²) >= 11 is 0. The molecule has 4 aliphatic rings. The third-order valence-corrected chi connectivity index (χ3v) is 9.24. The van der Waals surface area contributed by atoms with Gasteiger partial charge in [-0.25, -0.2) is 4.79 Å². The van der Waals surface area contributed by atoms with Gasteiger partial charge in [0.1, 0.15) is 6.10 Å². The maximum absolute atomic E-state index is 11.6. The van der Waals surface area contributed by atoms with E-state index in [-0.39, 0.29) is 34.8 Å². The summed E-state index contributed by atoms with van der Waals surface area (Å²) in [4.78, 5) is 23.0. The summed E-state index contributed by atoms with van der Waals surface area (Å²) in [5.74, 6) is 1.93. The third kappa shape index (κ3) is 3.81. The molecule has 170 valence electrons. The number of ether oxygens (including phenoxy) is 2. The molecule has 0 saturated heterocycles. The fourth-order valence-electron chi connectivity index (χ4n) is 7.66. The van der Waals surface area contributed by atoms with E-state index < -0.39 is 0 Å². The van der Waals surface area contributed by atoms with E-state index in [0.717, 1.165) is 38.0 Å². The van der Waals surface area contributed by atoms with E-state index in [1.54, 1.807) is 6.08 Å². The van der Waals surface area contributed by atoms with E-state index >= 15 is 0 Å². The highest BCUT2D eigenvalue weighted by molar-refractivity contribution is 5.81. The number of fused-ring (bicyclic) bond motifs is 5. The van der Waals surface area contributed by atoms with E-state index in [9.17, 15) is 9.59 Å². The van der Waals surface area contributed by atoms with Crippen molar-refractivity contribution in [3.63, 3.8) is 0 Å². The highest BCUT2D eigenvalue weighted by Gasteiger charge is 2.57. The Morgan fingerprint density at radius 3 is 2.55 bits per heavy atom. The highest BCUT2D eigenvalue weighted by atomic mass is 16.5. The number of allylic oxidation sites excluding steroid dienone is 4. The van der Waals surface area contributed by atoms with E-state index in [2.05, 4.69) is 32.9 Å². The Hall–Kier alpha value is -1.84. The van der Waals surface area contributed by atoms with Crippen LogP contribution >= 0.6 is 0 Å². The molecule has 0 aromatic rings. The summed E-state index contributed by atoms with van der Waals surface area (Å²) in [6.07, 6.45) is 16.4. The molecule has 7 atom stereocenters. The monoisotopic (exact) mass is 426 g/mol. The predicted octanol–water partition coefficient (Wildman–Crippen LogP) is 5.78. The summed E-state index contributed by atoms with van der Waals surface area (Å²) in [7, 11) is 1.43. The van der Waals surface area contributed by atoms with E-state index in [1.165, 1.54) is 38.0 Å². The van der Waals surface area contributed by atoms with E-state index in [1.807, 2.05) is 6.08 Å². The van der Waals surface area contributed by atoms with Gasteiger partial charge in [0.05, 0.1) is 7.11 Å². The van der Waals surface area contributed by atoms with Gasteiger partial charge in [0.2, 0.25) is 0 Å². The summed E-state index contributed by atoms with van der Waals surface area (Å²) in [5.41, 5.74) is 3.52. The minimum absolute atomic E-state index is 0.0597. The average Bonchev–Trinajstić information content (AvgIpc) is 3.09. The second-order valence-electron chi connectivity index (χ2n) is 10.8. The quantitative estimate of drug-likeness (QED) is 0.325. The van der Waals surface area contributed by atoms with Gasteiger partial charge in [-0.15, -0.1) is 0 Å². The SMILES string of the molecule is COC(=O)C=C[C@H](C)C1=CC[C@H]2[C@@H]3CC=C4C[C@@H](OC(C)=O)CC[C@]4(C)[C@H]3CC[C@]12C. The second-order valence-corrected chi connectivity index (χ2v) is 10.8. The van der Waals surface area contributed by atoms with Gasteiger partial charge < -0.3 is 9.47 Å². The Bertz CT molecular complexity index is 836. The Morgan fingerprint density at radius 2 is 1.84 bits per heavy atom. The van der Waals surface area contributed by atoms with Gasteiger partial charge >= 0.3 is 11.9 Å². The maximum atomic E-state index is 11.6. The van der Waals surface area contributed by atoms with Crippen LogP contribution in [0.25, 0.3) is 0 Å². The lowest BCUT2D eigenvalue weighted by atomic mass is 9.47. The summed E-state index contributed by atoms with van der Waals surface area (Å²) < 4.78 is 10.3. The molecule has 4 heteroatoms. The molecular formula is C27H38O4. The van der Waals surface area contributed by atoms with Crippen LogP contribution < -0.4 is 0 Å². The molecule has 4 aliphatic carbocycles. The van der Waals surface area contributed by atoms with Crippen LogP contribution in [-0.4, -0.2) is 25.2 Å². The van der Waals surface area contributed by atoms with Gasteiger partial charge in [-0.05, 0) is 73.0 Å². The number of carbonyl (C=O) groups excluding carboxylic acids is 2. The van der Waals surface area contributed by atoms with Crippen molar-refractivity contribution in [1.82, 2.24) is 0 Å².